The molecule has 2 aliphatic rings. The molecule has 1 amide bonds. The van der Waals surface area contributed by atoms with E-state index in [0.29, 0.717) is 13.0 Å². The van der Waals surface area contributed by atoms with Crippen molar-refractivity contribution in [1.82, 2.24) is 4.90 Å². The predicted octanol–water partition coefficient (Wildman–Crippen LogP) is 2.03. The third kappa shape index (κ3) is 2.79. The molecule has 1 N–H and O–H groups in total. The van der Waals surface area contributed by atoms with Crippen LogP contribution in [0.25, 0.3) is 0 Å². The zero-order chi connectivity index (χ0) is 12.3. The van der Waals surface area contributed by atoms with Gasteiger partial charge in [-0.2, -0.15) is 0 Å². The lowest BCUT2D eigenvalue weighted by Crippen LogP contribution is -2.43. The molecule has 0 aromatic rings. The van der Waals surface area contributed by atoms with Crippen LogP contribution in [0.1, 0.15) is 51.4 Å². The van der Waals surface area contributed by atoms with E-state index in [2.05, 4.69) is 0 Å². The van der Waals surface area contributed by atoms with E-state index in [-0.39, 0.29) is 11.8 Å². The third-order valence-corrected chi connectivity index (χ3v) is 4.03. The van der Waals surface area contributed by atoms with Gasteiger partial charge in [0.15, 0.2) is 0 Å². The molecule has 0 aromatic heterocycles. The molecule has 17 heavy (non-hydrogen) atoms. The summed E-state index contributed by atoms with van der Waals surface area (Å²) in [6, 6.07) is -0.564. The summed E-state index contributed by atoms with van der Waals surface area (Å²) < 4.78 is 0. The fourth-order valence-electron chi connectivity index (χ4n) is 3.05. The van der Waals surface area contributed by atoms with Crippen molar-refractivity contribution in [2.24, 2.45) is 5.92 Å². The molecule has 1 atom stereocenters. The second-order valence-corrected chi connectivity index (χ2v) is 5.22. The van der Waals surface area contributed by atoms with Crippen molar-refractivity contribution < 1.29 is 14.7 Å². The van der Waals surface area contributed by atoms with E-state index in [9.17, 15) is 9.59 Å². The van der Waals surface area contributed by atoms with Crippen molar-refractivity contribution in [3.8, 4) is 0 Å². The number of carbonyl (C=O) groups excluding carboxylic acids is 1. The smallest absolute Gasteiger partial charge is 0.326 e. The molecular formula is C13H21NO3. The predicted molar refractivity (Wildman–Crippen MR) is 63.6 cm³/mol. The molecule has 0 aromatic carbocycles. The van der Waals surface area contributed by atoms with Crippen LogP contribution in [-0.2, 0) is 9.59 Å². The normalized spacial score (nSPS) is 26.8. The Morgan fingerprint density at radius 1 is 0.941 bits per heavy atom. The summed E-state index contributed by atoms with van der Waals surface area (Å²) in [4.78, 5) is 25.0. The minimum absolute atomic E-state index is 0.0810. The molecule has 1 saturated heterocycles. The average Bonchev–Trinajstić information content (AvgIpc) is 2.64. The largest absolute Gasteiger partial charge is 0.480 e. The van der Waals surface area contributed by atoms with Crippen molar-refractivity contribution in [3.05, 3.63) is 0 Å². The first-order chi connectivity index (χ1) is 8.20. The summed E-state index contributed by atoms with van der Waals surface area (Å²) >= 11 is 0. The van der Waals surface area contributed by atoms with Gasteiger partial charge in [-0.15, -0.1) is 0 Å². The lowest BCUT2D eigenvalue weighted by molar-refractivity contribution is -0.150. The van der Waals surface area contributed by atoms with Gasteiger partial charge in [-0.05, 0) is 25.7 Å². The highest BCUT2D eigenvalue weighted by molar-refractivity contribution is 5.85. The van der Waals surface area contributed by atoms with E-state index >= 15 is 0 Å². The van der Waals surface area contributed by atoms with Crippen molar-refractivity contribution >= 4 is 11.9 Å². The number of carboxylic acid groups (broad SMARTS) is 1. The first-order valence-corrected chi connectivity index (χ1v) is 6.73. The minimum atomic E-state index is -0.843. The Labute approximate surface area is 102 Å². The Morgan fingerprint density at radius 3 is 2.18 bits per heavy atom. The maximum Gasteiger partial charge on any atom is 0.326 e. The van der Waals surface area contributed by atoms with E-state index in [1.807, 2.05) is 0 Å². The zero-order valence-corrected chi connectivity index (χ0v) is 10.2. The van der Waals surface area contributed by atoms with E-state index in [0.717, 1.165) is 32.1 Å². The summed E-state index contributed by atoms with van der Waals surface area (Å²) in [5.41, 5.74) is 0. The SMILES string of the molecule is O=C(O)[C@H]1CCCN1C(=O)C1CCCCCC1. The van der Waals surface area contributed by atoms with Gasteiger partial charge >= 0.3 is 5.97 Å². The van der Waals surface area contributed by atoms with Crippen LogP contribution in [0.3, 0.4) is 0 Å². The summed E-state index contributed by atoms with van der Waals surface area (Å²) in [6.07, 6.45) is 7.99. The lowest BCUT2D eigenvalue weighted by Gasteiger charge is -2.26. The summed E-state index contributed by atoms with van der Waals surface area (Å²) in [5.74, 6) is -0.668. The van der Waals surface area contributed by atoms with Gasteiger partial charge < -0.3 is 10.0 Å². The molecule has 1 aliphatic heterocycles. The van der Waals surface area contributed by atoms with Crippen LogP contribution in [-0.4, -0.2) is 34.5 Å². The van der Waals surface area contributed by atoms with Gasteiger partial charge in [-0.1, -0.05) is 25.7 Å². The lowest BCUT2D eigenvalue weighted by atomic mass is 9.98. The van der Waals surface area contributed by atoms with E-state index in [4.69, 9.17) is 5.11 Å². The van der Waals surface area contributed by atoms with Crippen LogP contribution in [0.15, 0.2) is 0 Å². The summed E-state index contributed by atoms with van der Waals surface area (Å²) in [7, 11) is 0. The maximum atomic E-state index is 12.3. The third-order valence-electron chi connectivity index (χ3n) is 4.03. The van der Waals surface area contributed by atoms with Crippen molar-refractivity contribution in [2.75, 3.05) is 6.54 Å². The Kier molecular flexibility index (Phi) is 4.02. The number of nitrogens with zero attached hydrogens (tertiary/aromatic N) is 1. The van der Waals surface area contributed by atoms with Crippen LogP contribution in [0, 0.1) is 5.92 Å². The highest BCUT2D eigenvalue weighted by Crippen LogP contribution is 2.28. The highest BCUT2D eigenvalue weighted by Gasteiger charge is 2.36. The monoisotopic (exact) mass is 239 g/mol. The molecule has 4 nitrogen and oxygen atoms in total. The van der Waals surface area contributed by atoms with Gasteiger partial charge in [0.2, 0.25) is 5.91 Å². The van der Waals surface area contributed by atoms with Crippen LogP contribution in [0.5, 0.6) is 0 Å². The van der Waals surface area contributed by atoms with Crippen molar-refractivity contribution in [2.45, 2.75) is 57.4 Å². The Bertz CT molecular complexity index is 295. The molecule has 1 aliphatic carbocycles. The molecule has 0 unspecified atom stereocenters. The second kappa shape index (κ2) is 5.52. The molecule has 1 heterocycles. The van der Waals surface area contributed by atoms with Gasteiger partial charge in [0.25, 0.3) is 0 Å². The number of carboxylic acids is 1. The first-order valence-electron chi connectivity index (χ1n) is 6.73. The van der Waals surface area contributed by atoms with Gasteiger partial charge in [0.1, 0.15) is 6.04 Å². The fraction of sp³-hybridized carbons (Fsp3) is 0.846. The van der Waals surface area contributed by atoms with Crippen molar-refractivity contribution in [3.63, 3.8) is 0 Å². The number of likely N-dealkylation sites (tertiary alicyclic amines) is 1. The van der Waals surface area contributed by atoms with E-state index < -0.39 is 12.0 Å². The van der Waals surface area contributed by atoms with Crippen LogP contribution < -0.4 is 0 Å². The van der Waals surface area contributed by atoms with Gasteiger partial charge in [-0.3, -0.25) is 4.79 Å². The molecule has 2 rings (SSSR count). The minimum Gasteiger partial charge on any atom is -0.480 e. The molecule has 96 valence electrons. The maximum absolute atomic E-state index is 12.3. The number of aliphatic carboxylic acids is 1. The first kappa shape index (κ1) is 12.4. The number of hydrogen-bond acceptors (Lipinski definition) is 2. The second-order valence-electron chi connectivity index (χ2n) is 5.22. The van der Waals surface area contributed by atoms with Crippen LogP contribution >= 0.6 is 0 Å². The molecule has 0 bridgehead atoms. The Balaban J connectivity index is 2.00. The number of hydrogen-bond donors (Lipinski definition) is 1. The zero-order valence-electron chi connectivity index (χ0n) is 10.2. The molecule has 2 fully saturated rings. The Hall–Kier alpha value is -1.06. The average molecular weight is 239 g/mol. The van der Waals surface area contributed by atoms with E-state index in [1.165, 1.54) is 12.8 Å². The molecule has 1 saturated carbocycles. The number of rotatable bonds is 2. The quantitative estimate of drug-likeness (QED) is 0.750. The summed E-state index contributed by atoms with van der Waals surface area (Å²) in [6.45, 7) is 0.631. The highest BCUT2D eigenvalue weighted by atomic mass is 16.4. The standard InChI is InChI=1S/C13H21NO3/c15-12(10-6-3-1-2-4-7-10)14-9-5-8-11(14)13(16)17/h10-11H,1-9H2,(H,16,17)/t11-/m1/s1. The van der Waals surface area contributed by atoms with Crippen LogP contribution in [0.4, 0.5) is 0 Å². The van der Waals surface area contributed by atoms with Gasteiger partial charge in [0.05, 0.1) is 0 Å². The van der Waals surface area contributed by atoms with Gasteiger partial charge in [0, 0.05) is 12.5 Å². The number of carbonyl (C=O) groups is 2. The number of amides is 1. The molecule has 0 spiro atoms. The topological polar surface area (TPSA) is 57.6 Å². The van der Waals surface area contributed by atoms with Gasteiger partial charge in [-0.25, -0.2) is 4.79 Å². The molecule has 0 radical (unpaired) electrons. The Morgan fingerprint density at radius 2 is 1.59 bits per heavy atom. The summed E-state index contributed by atoms with van der Waals surface area (Å²) in [5, 5.41) is 9.09. The van der Waals surface area contributed by atoms with E-state index in [1.54, 1.807) is 4.90 Å². The molecule has 4 heteroatoms. The molecular weight excluding hydrogens is 218 g/mol. The van der Waals surface area contributed by atoms with Crippen LogP contribution in [0.2, 0.25) is 0 Å². The fourth-order valence-corrected chi connectivity index (χ4v) is 3.05. The van der Waals surface area contributed by atoms with Crippen molar-refractivity contribution in [1.29, 1.82) is 0 Å².